The molecule has 0 unspecified atom stereocenters. The molecular formula is C17H18N4O. The van der Waals surface area contributed by atoms with Gasteiger partial charge in [-0.15, -0.1) is 0 Å². The van der Waals surface area contributed by atoms with E-state index in [0.29, 0.717) is 12.1 Å². The Morgan fingerprint density at radius 1 is 1.27 bits per heavy atom. The molecule has 0 radical (unpaired) electrons. The minimum atomic E-state index is -0.121. The van der Waals surface area contributed by atoms with Gasteiger partial charge in [-0.3, -0.25) is 9.78 Å². The molecule has 0 saturated carbocycles. The van der Waals surface area contributed by atoms with Crippen LogP contribution in [0.3, 0.4) is 0 Å². The summed E-state index contributed by atoms with van der Waals surface area (Å²) >= 11 is 0. The Labute approximate surface area is 128 Å². The molecule has 3 heterocycles. The molecule has 2 N–H and O–H groups in total. The van der Waals surface area contributed by atoms with Crippen molar-refractivity contribution in [3.63, 3.8) is 0 Å². The lowest BCUT2D eigenvalue weighted by molar-refractivity contribution is 0.0950. The predicted octanol–water partition coefficient (Wildman–Crippen LogP) is 2.81. The Hall–Kier alpha value is -2.69. The molecule has 0 bridgehead atoms. The van der Waals surface area contributed by atoms with Gasteiger partial charge in [0, 0.05) is 36.2 Å². The molecule has 5 nitrogen and oxygen atoms in total. The van der Waals surface area contributed by atoms with Gasteiger partial charge in [-0.1, -0.05) is 0 Å². The van der Waals surface area contributed by atoms with Gasteiger partial charge in [0.25, 0.3) is 5.91 Å². The van der Waals surface area contributed by atoms with Gasteiger partial charge >= 0.3 is 0 Å². The van der Waals surface area contributed by atoms with E-state index in [0.717, 1.165) is 33.4 Å². The van der Waals surface area contributed by atoms with Crippen molar-refractivity contribution in [3.8, 4) is 0 Å². The van der Waals surface area contributed by atoms with Crippen LogP contribution in [-0.4, -0.2) is 20.9 Å². The van der Waals surface area contributed by atoms with E-state index in [1.54, 1.807) is 12.4 Å². The van der Waals surface area contributed by atoms with Crippen molar-refractivity contribution < 1.29 is 4.79 Å². The highest BCUT2D eigenvalue weighted by Gasteiger charge is 2.12. The summed E-state index contributed by atoms with van der Waals surface area (Å²) < 4.78 is 0. The van der Waals surface area contributed by atoms with E-state index in [1.165, 1.54) is 0 Å². The van der Waals surface area contributed by atoms with Gasteiger partial charge in [-0.2, -0.15) is 0 Å². The number of rotatable bonds is 3. The van der Waals surface area contributed by atoms with Crippen molar-refractivity contribution in [3.05, 3.63) is 58.7 Å². The Kier molecular flexibility index (Phi) is 3.63. The highest BCUT2D eigenvalue weighted by molar-refractivity contribution is 5.94. The third kappa shape index (κ3) is 2.57. The van der Waals surface area contributed by atoms with Gasteiger partial charge < -0.3 is 10.3 Å². The third-order valence-corrected chi connectivity index (χ3v) is 3.86. The summed E-state index contributed by atoms with van der Waals surface area (Å²) in [5, 5.41) is 4.04. The zero-order valence-corrected chi connectivity index (χ0v) is 12.9. The third-order valence-electron chi connectivity index (χ3n) is 3.86. The van der Waals surface area contributed by atoms with Gasteiger partial charge in [0.05, 0.1) is 5.56 Å². The first-order chi connectivity index (χ1) is 10.6. The van der Waals surface area contributed by atoms with E-state index >= 15 is 0 Å². The monoisotopic (exact) mass is 294 g/mol. The van der Waals surface area contributed by atoms with Crippen LogP contribution in [0.5, 0.6) is 0 Å². The van der Waals surface area contributed by atoms with Crippen molar-refractivity contribution in [2.75, 3.05) is 0 Å². The molecule has 0 atom stereocenters. The van der Waals surface area contributed by atoms with E-state index < -0.39 is 0 Å². The second kappa shape index (κ2) is 5.60. The highest BCUT2D eigenvalue weighted by Crippen LogP contribution is 2.21. The fourth-order valence-corrected chi connectivity index (χ4v) is 2.64. The summed E-state index contributed by atoms with van der Waals surface area (Å²) in [6, 6.07) is 3.84. The molecular weight excluding hydrogens is 276 g/mol. The fourth-order valence-electron chi connectivity index (χ4n) is 2.64. The van der Waals surface area contributed by atoms with Crippen molar-refractivity contribution in [1.82, 2.24) is 20.3 Å². The molecule has 0 aliphatic carbocycles. The Morgan fingerprint density at radius 2 is 2.09 bits per heavy atom. The van der Waals surface area contributed by atoms with Crippen molar-refractivity contribution in [2.24, 2.45) is 0 Å². The van der Waals surface area contributed by atoms with E-state index in [1.807, 2.05) is 32.2 Å². The molecule has 3 rings (SSSR count). The number of pyridine rings is 2. The van der Waals surface area contributed by atoms with Crippen molar-refractivity contribution in [1.29, 1.82) is 0 Å². The van der Waals surface area contributed by atoms with Gasteiger partial charge in [-0.05, 0) is 49.6 Å². The zero-order chi connectivity index (χ0) is 15.7. The quantitative estimate of drug-likeness (QED) is 0.780. The van der Waals surface area contributed by atoms with E-state index in [-0.39, 0.29) is 5.91 Å². The number of nitrogens with zero attached hydrogens (tertiary/aromatic N) is 2. The molecule has 3 aromatic heterocycles. The summed E-state index contributed by atoms with van der Waals surface area (Å²) in [5.41, 5.74) is 5.55. The molecule has 112 valence electrons. The molecule has 0 aromatic carbocycles. The molecule has 0 saturated heterocycles. The summed E-state index contributed by atoms with van der Waals surface area (Å²) in [6.07, 6.45) is 5.19. The van der Waals surface area contributed by atoms with Gasteiger partial charge in [-0.25, -0.2) is 4.98 Å². The Bertz CT molecular complexity index is 851. The number of aromatic nitrogens is 3. The molecule has 5 heteroatoms. The van der Waals surface area contributed by atoms with Crippen LogP contribution in [0, 0.1) is 20.8 Å². The smallest absolute Gasteiger partial charge is 0.253 e. The number of carbonyl (C=O) groups excluding carboxylic acids is 1. The summed E-state index contributed by atoms with van der Waals surface area (Å²) in [7, 11) is 0. The van der Waals surface area contributed by atoms with Crippen molar-refractivity contribution in [2.45, 2.75) is 27.3 Å². The topological polar surface area (TPSA) is 70.7 Å². The number of amides is 1. The number of carbonyl (C=O) groups is 1. The average Bonchev–Trinajstić information content (AvgIpc) is 2.95. The minimum Gasteiger partial charge on any atom is -0.348 e. The molecule has 0 aliphatic heterocycles. The molecule has 0 spiro atoms. The van der Waals surface area contributed by atoms with Gasteiger partial charge in [0.1, 0.15) is 5.65 Å². The largest absolute Gasteiger partial charge is 0.348 e. The normalized spacial score (nSPS) is 10.9. The van der Waals surface area contributed by atoms with Crippen LogP contribution in [0.2, 0.25) is 0 Å². The summed E-state index contributed by atoms with van der Waals surface area (Å²) in [6.45, 7) is 6.39. The predicted molar refractivity (Wildman–Crippen MR) is 85.7 cm³/mol. The lowest BCUT2D eigenvalue weighted by atomic mass is 10.0. The number of aromatic amines is 1. The van der Waals surface area contributed by atoms with Crippen LogP contribution < -0.4 is 5.32 Å². The number of H-pyrrole nitrogens is 1. The molecule has 0 fully saturated rings. The first-order valence-corrected chi connectivity index (χ1v) is 7.19. The summed E-state index contributed by atoms with van der Waals surface area (Å²) in [5.74, 6) is -0.121. The first kappa shape index (κ1) is 14.3. The Morgan fingerprint density at radius 3 is 2.86 bits per heavy atom. The number of nitrogens with one attached hydrogen (secondary N) is 2. The SMILES string of the molecule is Cc1cncc(C(=O)NCc2c(C)nc3[nH]ccc3c2C)c1. The van der Waals surface area contributed by atoms with E-state index in [2.05, 4.69) is 27.2 Å². The number of hydrogen-bond donors (Lipinski definition) is 2. The van der Waals surface area contributed by atoms with Crippen LogP contribution in [0.15, 0.2) is 30.7 Å². The van der Waals surface area contributed by atoms with Crippen LogP contribution in [-0.2, 0) is 6.54 Å². The molecule has 1 amide bonds. The first-order valence-electron chi connectivity index (χ1n) is 7.19. The number of fused-ring (bicyclic) bond motifs is 1. The number of hydrogen-bond acceptors (Lipinski definition) is 3. The maximum Gasteiger partial charge on any atom is 0.253 e. The molecule has 22 heavy (non-hydrogen) atoms. The van der Waals surface area contributed by atoms with Crippen LogP contribution in [0.4, 0.5) is 0 Å². The highest BCUT2D eigenvalue weighted by atomic mass is 16.1. The van der Waals surface area contributed by atoms with Crippen LogP contribution >= 0.6 is 0 Å². The lowest BCUT2D eigenvalue weighted by Gasteiger charge is -2.12. The molecule has 3 aromatic rings. The second-order valence-electron chi connectivity index (χ2n) is 5.47. The lowest BCUT2D eigenvalue weighted by Crippen LogP contribution is -2.24. The maximum atomic E-state index is 12.2. The second-order valence-corrected chi connectivity index (χ2v) is 5.47. The molecule has 0 aliphatic rings. The van der Waals surface area contributed by atoms with Gasteiger partial charge in [0.15, 0.2) is 0 Å². The van der Waals surface area contributed by atoms with Crippen LogP contribution in [0.1, 0.15) is 32.7 Å². The average molecular weight is 294 g/mol. The van der Waals surface area contributed by atoms with E-state index in [4.69, 9.17) is 0 Å². The Balaban J connectivity index is 1.83. The van der Waals surface area contributed by atoms with Gasteiger partial charge in [0.2, 0.25) is 0 Å². The zero-order valence-electron chi connectivity index (χ0n) is 12.9. The van der Waals surface area contributed by atoms with Crippen LogP contribution in [0.25, 0.3) is 11.0 Å². The minimum absolute atomic E-state index is 0.121. The fraction of sp³-hybridized carbons (Fsp3) is 0.235. The number of aryl methyl sites for hydroxylation is 3. The standard InChI is InChI=1S/C17H18N4O/c1-10-6-13(8-18-7-10)17(22)20-9-15-11(2)14-4-5-19-16(14)21-12(15)3/h4-8H,9H2,1-3H3,(H,19,21)(H,20,22). The van der Waals surface area contributed by atoms with Crippen molar-refractivity contribution >= 4 is 16.9 Å². The maximum absolute atomic E-state index is 12.2. The van der Waals surface area contributed by atoms with E-state index in [9.17, 15) is 4.79 Å². The summed E-state index contributed by atoms with van der Waals surface area (Å²) in [4.78, 5) is 23.9.